The quantitative estimate of drug-likeness (QED) is 0.122. The van der Waals surface area contributed by atoms with Crippen LogP contribution in [-0.4, -0.2) is 10.9 Å². The predicted octanol–water partition coefficient (Wildman–Crippen LogP) is 11.1. The molecule has 1 N–H and O–H groups in total. The summed E-state index contributed by atoms with van der Waals surface area (Å²) in [6.07, 6.45) is 31.7. The zero-order valence-electron chi connectivity index (χ0n) is 21.4. The van der Waals surface area contributed by atoms with Gasteiger partial charge in [0.25, 0.3) is 0 Å². The fourth-order valence-electron chi connectivity index (χ4n) is 4.44. The Balaban J connectivity index is 1.67. The summed E-state index contributed by atoms with van der Waals surface area (Å²) < 4.78 is 0. The highest BCUT2D eigenvalue weighted by Crippen LogP contribution is 2.22. The van der Waals surface area contributed by atoms with Crippen molar-refractivity contribution in [1.29, 1.82) is 0 Å². The van der Waals surface area contributed by atoms with Crippen LogP contribution in [0.15, 0.2) is 29.2 Å². The molecule has 1 rings (SSSR count). The lowest BCUT2D eigenvalue weighted by Crippen LogP contribution is -1.85. The molecule has 0 saturated carbocycles. The smallest absolute Gasteiger partial charge is 0.115 e. The van der Waals surface area contributed by atoms with Crippen LogP contribution in [0.25, 0.3) is 0 Å². The van der Waals surface area contributed by atoms with E-state index >= 15 is 0 Å². The van der Waals surface area contributed by atoms with Gasteiger partial charge in [0.05, 0.1) is 0 Å². The molecule has 0 unspecified atom stereocenters. The van der Waals surface area contributed by atoms with Gasteiger partial charge in [-0.25, -0.2) is 0 Å². The van der Waals surface area contributed by atoms with E-state index in [4.69, 9.17) is 0 Å². The van der Waals surface area contributed by atoms with Crippen molar-refractivity contribution in [3.63, 3.8) is 0 Å². The molecule has 0 aromatic heterocycles. The highest BCUT2D eigenvalue weighted by atomic mass is 32.2. The maximum Gasteiger partial charge on any atom is 0.115 e. The van der Waals surface area contributed by atoms with Gasteiger partial charge in [0.2, 0.25) is 0 Å². The average Bonchev–Trinajstić information content (AvgIpc) is 2.81. The summed E-state index contributed by atoms with van der Waals surface area (Å²) >= 11 is 1.91. The van der Waals surface area contributed by atoms with Gasteiger partial charge < -0.3 is 5.11 Å². The lowest BCUT2D eigenvalue weighted by molar-refractivity contribution is 0.475. The standard InChI is InChI=1S/C30H54OS/c1-2-3-4-5-6-7-8-9-10-11-12-13-14-15-16-17-18-19-20-21-22-23-28-32-30-26-24-29(31)25-27-30/h24-27,31H,2-23,28H2,1H3. The van der Waals surface area contributed by atoms with Crippen LogP contribution in [-0.2, 0) is 0 Å². The summed E-state index contributed by atoms with van der Waals surface area (Å²) in [5, 5.41) is 9.30. The molecule has 0 fully saturated rings. The minimum atomic E-state index is 0.360. The lowest BCUT2D eigenvalue weighted by atomic mass is 10.0. The molecule has 0 spiro atoms. The SMILES string of the molecule is CCCCCCCCCCCCCCCCCCCCCCCCSc1ccc(O)cc1. The highest BCUT2D eigenvalue weighted by molar-refractivity contribution is 7.99. The van der Waals surface area contributed by atoms with Gasteiger partial charge in [-0.3, -0.25) is 0 Å². The molecule has 0 atom stereocenters. The van der Waals surface area contributed by atoms with Crippen molar-refractivity contribution in [2.45, 2.75) is 153 Å². The van der Waals surface area contributed by atoms with E-state index in [1.807, 2.05) is 23.9 Å². The molecule has 2 heteroatoms. The second kappa shape index (κ2) is 23.5. The Morgan fingerprint density at radius 2 is 0.781 bits per heavy atom. The van der Waals surface area contributed by atoms with Crippen LogP contribution < -0.4 is 0 Å². The van der Waals surface area contributed by atoms with Gasteiger partial charge in [-0.1, -0.05) is 142 Å². The highest BCUT2D eigenvalue weighted by Gasteiger charge is 1.97. The number of hydrogen-bond donors (Lipinski definition) is 1. The van der Waals surface area contributed by atoms with Crippen LogP contribution in [0, 0.1) is 0 Å². The molecule has 1 aromatic rings. The van der Waals surface area contributed by atoms with E-state index in [2.05, 4.69) is 6.92 Å². The number of aromatic hydroxyl groups is 1. The van der Waals surface area contributed by atoms with E-state index in [0.717, 1.165) is 0 Å². The number of rotatable bonds is 24. The summed E-state index contributed by atoms with van der Waals surface area (Å²) in [4.78, 5) is 1.27. The van der Waals surface area contributed by atoms with Gasteiger partial charge in [0.15, 0.2) is 0 Å². The van der Waals surface area contributed by atoms with Crippen LogP contribution in [0.1, 0.15) is 148 Å². The first-order valence-electron chi connectivity index (χ1n) is 14.2. The topological polar surface area (TPSA) is 20.2 Å². The zero-order chi connectivity index (χ0) is 23.0. The Hall–Kier alpha value is -0.630. The van der Waals surface area contributed by atoms with Crippen molar-refractivity contribution in [1.82, 2.24) is 0 Å². The fourth-order valence-corrected chi connectivity index (χ4v) is 5.36. The minimum Gasteiger partial charge on any atom is -0.508 e. The van der Waals surface area contributed by atoms with Crippen molar-refractivity contribution in [3.8, 4) is 5.75 Å². The second-order valence-corrected chi connectivity index (χ2v) is 10.9. The lowest BCUT2D eigenvalue weighted by Gasteiger charge is -2.04. The molecule has 0 amide bonds. The van der Waals surface area contributed by atoms with Crippen LogP contribution in [0.2, 0.25) is 0 Å². The maximum absolute atomic E-state index is 9.30. The summed E-state index contributed by atoms with van der Waals surface area (Å²) in [6.45, 7) is 2.30. The van der Waals surface area contributed by atoms with Gasteiger partial charge in [-0.2, -0.15) is 0 Å². The molecule has 0 radical (unpaired) electrons. The molecule has 0 bridgehead atoms. The summed E-state index contributed by atoms with van der Waals surface area (Å²) in [5.74, 6) is 1.56. The third kappa shape index (κ3) is 20.0. The maximum atomic E-state index is 9.30. The number of hydrogen-bond acceptors (Lipinski definition) is 2. The van der Waals surface area contributed by atoms with Crippen molar-refractivity contribution in [3.05, 3.63) is 24.3 Å². The van der Waals surface area contributed by atoms with Crippen LogP contribution in [0.5, 0.6) is 5.75 Å². The second-order valence-electron chi connectivity index (χ2n) is 9.77. The van der Waals surface area contributed by atoms with E-state index in [1.165, 1.54) is 152 Å². The van der Waals surface area contributed by atoms with E-state index in [1.54, 1.807) is 12.1 Å². The van der Waals surface area contributed by atoms with Gasteiger partial charge >= 0.3 is 0 Å². The van der Waals surface area contributed by atoms with Crippen molar-refractivity contribution in [2.75, 3.05) is 5.75 Å². The summed E-state index contributed by atoms with van der Waals surface area (Å²) in [6, 6.07) is 7.58. The largest absolute Gasteiger partial charge is 0.508 e. The third-order valence-electron chi connectivity index (χ3n) is 6.60. The molecule has 1 nitrogen and oxygen atoms in total. The van der Waals surface area contributed by atoms with Crippen LogP contribution in [0.3, 0.4) is 0 Å². The number of phenols is 1. The van der Waals surface area contributed by atoms with E-state index in [9.17, 15) is 5.11 Å². The molecule has 32 heavy (non-hydrogen) atoms. The van der Waals surface area contributed by atoms with Gasteiger partial charge in [0, 0.05) is 4.90 Å². The third-order valence-corrected chi connectivity index (χ3v) is 7.70. The first-order chi connectivity index (χ1) is 15.8. The summed E-state index contributed by atoms with van der Waals surface area (Å²) in [5.41, 5.74) is 0. The van der Waals surface area contributed by atoms with Gasteiger partial charge in [0.1, 0.15) is 5.75 Å². The molecule has 0 saturated heterocycles. The van der Waals surface area contributed by atoms with Crippen molar-refractivity contribution >= 4 is 11.8 Å². The Kier molecular flexibility index (Phi) is 21.6. The van der Waals surface area contributed by atoms with Crippen molar-refractivity contribution < 1.29 is 5.11 Å². The Morgan fingerprint density at radius 1 is 0.469 bits per heavy atom. The number of unbranched alkanes of at least 4 members (excludes halogenated alkanes) is 21. The molecule has 0 aliphatic carbocycles. The summed E-state index contributed by atoms with van der Waals surface area (Å²) in [7, 11) is 0. The number of phenolic OH excluding ortho intramolecular Hbond substituents is 1. The molecular weight excluding hydrogens is 408 g/mol. The Labute approximate surface area is 205 Å². The molecule has 0 aliphatic heterocycles. The predicted molar refractivity (Wildman–Crippen MR) is 146 cm³/mol. The van der Waals surface area contributed by atoms with E-state index in [0.29, 0.717) is 5.75 Å². The Morgan fingerprint density at radius 3 is 1.12 bits per heavy atom. The molecular formula is C30H54OS. The molecule has 0 heterocycles. The van der Waals surface area contributed by atoms with Crippen LogP contribution >= 0.6 is 11.8 Å². The molecule has 0 aliphatic rings. The first-order valence-corrected chi connectivity index (χ1v) is 15.2. The van der Waals surface area contributed by atoms with Gasteiger partial charge in [-0.15, -0.1) is 11.8 Å². The monoisotopic (exact) mass is 462 g/mol. The average molecular weight is 463 g/mol. The van der Waals surface area contributed by atoms with Crippen LogP contribution in [0.4, 0.5) is 0 Å². The van der Waals surface area contributed by atoms with Crippen molar-refractivity contribution in [2.24, 2.45) is 0 Å². The minimum absolute atomic E-state index is 0.360. The van der Waals surface area contributed by atoms with Gasteiger partial charge in [-0.05, 0) is 36.4 Å². The number of thioether (sulfide) groups is 1. The normalized spacial score (nSPS) is 11.3. The van der Waals surface area contributed by atoms with E-state index < -0.39 is 0 Å². The number of benzene rings is 1. The Bertz CT molecular complexity index is 484. The zero-order valence-corrected chi connectivity index (χ0v) is 22.2. The molecule has 1 aromatic carbocycles. The first kappa shape index (κ1) is 29.4. The van der Waals surface area contributed by atoms with E-state index in [-0.39, 0.29) is 0 Å². The fraction of sp³-hybridized carbons (Fsp3) is 0.800. The molecule has 186 valence electrons.